The van der Waals surface area contributed by atoms with Crippen molar-refractivity contribution in [1.29, 1.82) is 0 Å². The van der Waals surface area contributed by atoms with E-state index in [1.165, 1.54) is 19.5 Å². The van der Waals surface area contributed by atoms with Crippen LogP contribution in [0.1, 0.15) is 43.5 Å². The van der Waals surface area contributed by atoms with Crippen LogP contribution in [0.2, 0.25) is 0 Å². The van der Waals surface area contributed by atoms with Gasteiger partial charge in [0.2, 0.25) is 0 Å². The number of benzene rings is 1. The maximum atomic E-state index is 12.9. The van der Waals surface area contributed by atoms with E-state index in [4.69, 9.17) is 4.98 Å². The monoisotopic (exact) mass is 385 g/mol. The predicted molar refractivity (Wildman–Crippen MR) is 104 cm³/mol. The minimum atomic E-state index is -0.682. The highest BCUT2D eigenvalue weighted by atomic mass is 32.1. The molecule has 3 atom stereocenters. The number of nitrogens with one attached hydrogen (secondary N) is 2. The van der Waals surface area contributed by atoms with Gasteiger partial charge in [0.05, 0.1) is 29.2 Å². The average molecular weight is 386 g/mol. The number of para-hydroxylation sites is 1. The van der Waals surface area contributed by atoms with Crippen molar-refractivity contribution < 1.29 is 14.5 Å². The lowest BCUT2D eigenvalue weighted by Crippen LogP contribution is -3.15. The molecule has 27 heavy (non-hydrogen) atoms. The van der Waals surface area contributed by atoms with Gasteiger partial charge in [-0.3, -0.25) is 4.79 Å². The molecule has 2 aromatic rings. The van der Waals surface area contributed by atoms with E-state index >= 15 is 0 Å². The van der Waals surface area contributed by atoms with Gasteiger partial charge in [0, 0.05) is 0 Å². The molecule has 2 N–H and O–H groups in total. The first kappa shape index (κ1) is 17.1. The third kappa shape index (κ3) is 2.93. The number of aromatic nitrogens is 1. The van der Waals surface area contributed by atoms with E-state index in [9.17, 15) is 9.59 Å². The summed E-state index contributed by atoms with van der Waals surface area (Å²) in [5.74, 6) is 0.678. The summed E-state index contributed by atoms with van der Waals surface area (Å²) in [7, 11) is 0. The van der Waals surface area contributed by atoms with Gasteiger partial charge in [-0.15, -0.1) is 11.3 Å². The van der Waals surface area contributed by atoms with Crippen LogP contribution in [0, 0.1) is 5.92 Å². The highest BCUT2D eigenvalue weighted by Gasteiger charge is 2.56. The number of piperidine rings is 1. The number of hydrogen-bond donors (Lipinski definition) is 2. The van der Waals surface area contributed by atoms with Crippen LogP contribution in [0.15, 0.2) is 24.3 Å². The molecule has 1 saturated carbocycles. The number of hydrogen-bond acceptors (Lipinski definition) is 4. The number of carbonyl (C=O) groups is 2. The molecule has 1 aliphatic carbocycles. The van der Waals surface area contributed by atoms with Gasteiger partial charge in [0.15, 0.2) is 6.67 Å². The molecule has 0 spiro atoms. The number of likely N-dealkylation sites (tertiary alicyclic amines) is 1. The number of thiazole rings is 1. The first-order valence-electron chi connectivity index (χ1n) is 9.88. The Morgan fingerprint density at radius 1 is 1.30 bits per heavy atom. The molecular weight excluding hydrogens is 360 g/mol. The molecular formula is C20H25N4O2S+. The molecule has 3 fully saturated rings. The average Bonchev–Trinajstić information content (AvgIpc) is 3.40. The Morgan fingerprint density at radius 3 is 2.89 bits per heavy atom. The minimum Gasteiger partial charge on any atom is -0.323 e. The SMILES string of the molecule is C[C@]1(C2CC2)NC(=O)N(C[NH+]2CCC[C@H](c3nc4ccccc4s3)C2)C1=O. The van der Waals surface area contributed by atoms with E-state index in [0.29, 0.717) is 18.5 Å². The van der Waals surface area contributed by atoms with Crippen LogP contribution in [0.4, 0.5) is 4.79 Å². The summed E-state index contributed by atoms with van der Waals surface area (Å²) in [5, 5.41) is 4.14. The van der Waals surface area contributed by atoms with Crippen molar-refractivity contribution in [2.24, 2.45) is 5.92 Å². The fraction of sp³-hybridized carbons (Fsp3) is 0.550. The van der Waals surface area contributed by atoms with Crippen molar-refractivity contribution in [2.45, 2.75) is 44.1 Å². The summed E-state index contributed by atoms with van der Waals surface area (Å²) in [4.78, 5) is 32.9. The zero-order valence-corrected chi connectivity index (χ0v) is 16.3. The minimum absolute atomic E-state index is 0.0374. The Kier molecular flexibility index (Phi) is 3.98. The van der Waals surface area contributed by atoms with Crippen LogP contribution in [0.5, 0.6) is 0 Å². The summed E-state index contributed by atoms with van der Waals surface area (Å²) in [6.07, 6.45) is 4.29. The molecule has 3 amide bonds. The fourth-order valence-corrected chi connectivity index (χ4v) is 5.69. The fourth-order valence-electron chi connectivity index (χ4n) is 4.59. The molecule has 1 unspecified atom stereocenters. The standard InChI is InChI=1S/C20H24N4O2S/c1-20(14-8-9-14)18(25)24(19(26)22-20)12-23-10-4-5-13(11-23)17-21-15-6-2-3-7-16(15)27-17/h2-3,6-7,13-14H,4-5,8-12H2,1H3,(H,22,26)/p+1/t13-,20+/m0/s1. The van der Waals surface area contributed by atoms with Crippen molar-refractivity contribution >= 4 is 33.5 Å². The Labute approximate surface area is 162 Å². The third-order valence-corrected chi connectivity index (χ3v) is 7.55. The second kappa shape index (κ2) is 6.27. The van der Waals surface area contributed by atoms with Crippen LogP contribution < -0.4 is 10.2 Å². The zero-order valence-electron chi connectivity index (χ0n) is 15.5. The summed E-state index contributed by atoms with van der Waals surface area (Å²) in [6, 6.07) is 8.05. The van der Waals surface area contributed by atoms with E-state index in [0.717, 1.165) is 44.3 Å². The number of quaternary nitrogens is 1. The maximum absolute atomic E-state index is 12.9. The smallest absolute Gasteiger partial charge is 0.323 e. The quantitative estimate of drug-likeness (QED) is 0.788. The summed E-state index contributed by atoms with van der Waals surface area (Å²) in [5.41, 5.74) is 0.387. The van der Waals surface area contributed by atoms with Crippen molar-refractivity contribution in [3.63, 3.8) is 0 Å². The summed E-state index contributed by atoms with van der Waals surface area (Å²) < 4.78 is 1.23. The number of imide groups is 1. The molecule has 2 aliphatic heterocycles. The normalized spacial score (nSPS) is 31.5. The lowest BCUT2D eigenvalue weighted by molar-refractivity contribution is -0.913. The molecule has 2 saturated heterocycles. The molecule has 0 bridgehead atoms. The molecule has 0 radical (unpaired) electrons. The van der Waals surface area contributed by atoms with E-state index in [1.54, 1.807) is 11.3 Å². The lowest BCUT2D eigenvalue weighted by Gasteiger charge is -2.31. The van der Waals surface area contributed by atoms with Crippen molar-refractivity contribution in [1.82, 2.24) is 15.2 Å². The molecule has 142 valence electrons. The zero-order chi connectivity index (χ0) is 18.6. The van der Waals surface area contributed by atoms with E-state index in [1.807, 2.05) is 13.0 Å². The first-order valence-corrected chi connectivity index (χ1v) is 10.7. The van der Waals surface area contributed by atoms with Crippen molar-refractivity contribution in [3.05, 3.63) is 29.3 Å². The van der Waals surface area contributed by atoms with Crippen LogP contribution in [0.25, 0.3) is 10.2 Å². The Morgan fingerprint density at radius 2 is 2.11 bits per heavy atom. The highest BCUT2D eigenvalue weighted by molar-refractivity contribution is 7.18. The number of nitrogens with zero attached hydrogens (tertiary/aromatic N) is 2. The van der Waals surface area contributed by atoms with Gasteiger partial charge < -0.3 is 10.2 Å². The second-order valence-corrected chi connectivity index (χ2v) is 9.42. The van der Waals surface area contributed by atoms with Crippen LogP contribution in [0.3, 0.4) is 0 Å². The van der Waals surface area contributed by atoms with Gasteiger partial charge in [0.1, 0.15) is 10.5 Å². The number of fused-ring (bicyclic) bond motifs is 1. The summed E-state index contributed by atoms with van der Waals surface area (Å²) in [6.45, 7) is 4.28. The molecule has 3 heterocycles. The molecule has 5 rings (SSSR count). The van der Waals surface area contributed by atoms with Gasteiger partial charge in [-0.1, -0.05) is 12.1 Å². The Balaban J connectivity index is 1.30. The molecule has 7 heteroatoms. The van der Waals surface area contributed by atoms with Gasteiger partial charge in [-0.25, -0.2) is 14.7 Å². The Bertz CT molecular complexity index is 875. The summed E-state index contributed by atoms with van der Waals surface area (Å²) >= 11 is 1.78. The number of carbonyl (C=O) groups excluding carboxylic acids is 2. The van der Waals surface area contributed by atoms with Gasteiger partial charge in [0.25, 0.3) is 5.91 Å². The third-order valence-electron chi connectivity index (χ3n) is 6.35. The van der Waals surface area contributed by atoms with Crippen LogP contribution in [-0.4, -0.2) is 47.1 Å². The number of amides is 3. The molecule has 3 aliphatic rings. The lowest BCUT2D eigenvalue weighted by atomic mass is 9.96. The Hall–Kier alpha value is -1.99. The highest BCUT2D eigenvalue weighted by Crippen LogP contribution is 2.42. The largest absolute Gasteiger partial charge is 0.329 e. The van der Waals surface area contributed by atoms with Gasteiger partial charge in [-0.2, -0.15) is 0 Å². The van der Waals surface area contributed by atoms with Crippen LogP contribution in [-0.2, 0) is 4.79 Å². The predicted octanol–water partition coefficient (Wildman–Crippen LogP) is 1.74. The number of urea groups is 1. The van der Waals surface area contributed by atoms with Crippen molar-refractivity contribution in [2.75, 3.05) is 19.8 Å². The number of rotatable bonds is 4. The topological polar surface area (TPSA) is 66.7 Å². The van der Waals surface area contributed by atoms with E-state index in [2.05, 4.69) is 23.5 Å². The first-order chi connectivity index (χ1) is 13.0. The second-order valence-electron chi connectivity index (χ2n) is 8.36. The van der Waals surface area contributed by atoms with Gasteiger partial charge >= 0.3 is 6.03 Å². The van der Waals surface area contributed by atoms with E-state index < -0.39 is 5.54 Å². The van der Waals surface area contributed by atoms with Crippen molar-refractivity contribution in [3.8, 4) is 0 Å². The molecule has 1 aromatic carbocycles. The van der Waals surface area contributed by atoms with Crippen LogP contribution >= 0.6 is 11.3 Å². The molecule has 6 nitrogen and oxygen atoms in total. The molecule has 1 aromatic heterocycles. The van der Waals surface area contributed by atoms with E-state index in [-0.39, 0.29) is 11.9 Å². The maximum Gasteiger partial charge on any atom is 0.329 e. The van der Waals surface area contributed by atoms with Gasteiger partial charge in [-0.05, 0) is 50.7 Å².